The number of thioether (sulfide) groups is 1. The molecule has 0 radical (unpaired) electrons. The number of nitrogen functional groups attached to an aromatic ring is 1. The zero-order valence-corrected chi connectivity index (χ0v) is 16.5. The van der Waals surface area contributed by atoms with Crippen LogP contribution in [0.25, 0.3) is 11.1 Å². The van der Waals surface area contributed by atoms with Gasteiger partial charge in [-0.05, 0) is 35.4 Å². The largest absolute Gasteiger partial charge is 0.497 e. The van der Waals surface area contributed by atoms with E-state index in [4.69, 9.17) is 22.1 Å². The summed E-state index contributed by atoms with van der Waals surface area (Å²) in [7, 11) is 1.62. The minimum absolute atomic E-state index is 0.101. The molecule has 0 aliphatic carbocycles. The maximum absolute atomic E-state index is 9.80. The van der Waals surface area contributed by atoms with Crippen LogP contribution < -0.4 is 10.5 Å². The number of methoxy groups -OCH3 is 1. The van der Waals surface area contributed by atoms with E-state index in [-0.39, 0.29) is 11.4 Å². The molecule has 0 spiro atoms. The summed E-state index contributed by atoms with van der Waals surface area (Å²) in [5, 5.41) is 20.4. The second-order valence-electron chi connectivity index (χ2n) is 5.79. The fraction of sp³-hybridized carbons (Fsp3) is 0.0952. The summed E-state index contributed by atoms with van der Waals surface area (Å²) in [4.78, 5) is 4.31. The summed E-state index contributed by atoms with van der Waals surface area (Å²) in [6, 6.07) is 18.8. The van der Waals surface area contributed by atoms with Gasteiger partial charge in [0.2, 0.25) is 0 Å². The van der Waals surface area contributed by atoms with Gasteiger partial charge < -0.3 is 10.5 Å². The van der Waals surface area contributed by atoms with Gasteiger partial charge in [-0.2, -0.15) is 10.5 Å². The lowest BCUT2D eigenvalue weighted by Gasteiger charge is -2.13. The molecule has 2 aromatic carbocycles. The molecule has 3 aromatic rings. The number of pyridine rings is 1. The number of hydrogen-bond acceptors (Lipinski definition) is 6. The Morgan fingerprint density at radius 1 is 1.04 bits per heavy atom. The number of nitrogens with two attached hydrogens (primary N) is 1. The van der Waals surface area contributed by atoms with E-state index in [0.717, 1.165) is 11.3 Å². The molecule has 1 aromatic heterocycles. The molecule has 0 saturated heterocycles. The lowest BCUT2D eigenvalue weighted by atomic mass is 9.97. The van der Waals surface area contributed by atoms with Crippen molar-refractivity contribution in [3.63, 3.8) is 0 Å². The van der Waals surface area contributed by atoms with Gasteiger partial charge in [-0.25, -0.2) is 4.98 Å². The molecular formula is C21H15ClN4OS. The van der Waals surface area contributed by atoms with E-state index in [9.17, 15) is 10.5 Å². The highest BCUT2D eigenvalue weighted by atomic mass is 35.5. The fourth-order valence-electron chi connectivity index (χ4n) is 2.68. The number of nitriles is 2. The molecular weight excluding hydrogens is 392 g/mol. The topological polar surface area (TPSA) is 95.7 Å². The number of ether oxygens (including phenoxy) is 1. The van der Waals surface area contributed by atoms with Gasteiger partial charge in [-0.15, -0.1) is 11.8 Å². The van der Waals surface area contributed by atoms with Gasteiger partial charge in [0, 0.05) is 16.3 Å². The number of hydrogen-bond donors (Lipinski definition) is 1. The zero-order chi connectivity index (χ0) is 20.1. The molecule has 0 atom stereocenters. The first-order valence-electron chi connectivity index (χ1n) is 8.22. The monoisotopic (exact) mass is 406 g/mol. The van der Waals surface area contributed by atoms with Crippen LogP contribution in [0.2, 0.25) is 5.02 Å². The number of benzene rings is 2. The quantitative estimate of drug-likeness (QED) is 0.597. The standard InChI is InChI=1S/C21H15ClN4OS/c1-27-16-8-2-13(3-9-16)12-28-21-18(11-24)19(17(10-23)20(25)26-21)14-4-6-15(22)7-5-14/h2-9H,12H2,1H3,(H2,25,26). The summed E-state index contributed by atoms with van der Waals surface area (Å²) in [5.41, 5.74) is 8.76. The average Bonchev–Trinajstić information content (AvgIpc) is 2.72. The second kappa shape index (κ2) is 8.67. The molecule has 0 amide bonds. The summed E-state index contributed by atoms with van der Waals surface area (Å²) < 4.78 is 5.16. The van der Waals surface area contributed by atoms with E-state index in [2.05, 4.69) is 17.1 Å². The molecule has 28 heavy (non-hydrogen) atoms. The number of nitrogens with zero attached hydrogens (tertiary/aromatic N) is 3. The van der Waals surface area contributed by atoms with E-state index in [1.54, 1.807) is 31.4 Å². The molecule has 3 rings (SSSR count). The molecule has 0 unspecified atom stereocenters. The number of halogens is 1. The van der Waals surface area contributed by atoms with Gasteiger partial charge in [0.1, 0.15) is 34.3 Å². The first-order valence-corrected chi connectivity index (χ1v) is 9.59. The van der Waals surface area contributed by atoms with E-state index in [1.807, 2.05) is 24.3 Å². The van der Waals surface area contributed by atoms with Crippen LogP contribution >= 0.6 is 23.4 Å². The zero-order valence-electron chi connectivity index (χ0n) is 14.9. The SMILES string of the molecule is COc1ccc(CSc2nc(N)c(C#N)c(-c3ccc(Cl)cc3)c2C#N)cc1. The van der Waals surface area contributed by atoms with E-state index < -0.39 is 0 Å². The van der Waals surface area contributed by atoms with Gasteiger partial charge in [0.05, 0.1) is 12.7 Å². The van der Waals surface area contributed by atoms with Crippen molar-refractivity contribution in [1.82, 2.24) is 4.98 Å². The van der Waals surface area contributed by atoms with Crippen LogP contribution in [0.5, 0.6) is 5.75 Å². The van der Waals surface area contributed by atoms with Crippen LogP contribution in [-0.4, -0.2) is 12.1 Å². The fourth-order valence-corrected chi connectivity index (χ4v) is 3.76. The van der Waals surface area contributed by atoms with Crippen LogP contribution in [0.1, 0.15) is 16.7 Å². The summed E-state index contributed by atoms with van der Waals surface area (Å²) in [5.74, 6) is 1.47. The Morgan fingerprint density at radius 3 is 2.25 bits per heavy atom. The van der Waals surface area contributed by atoms with Gasteiger partial charge in [0.25, 0.3) is 0 Å². The van der Waals surface area contributed by atoms with Crippen molar-refractivity contribution in [3.8, 4) is 29.0 Å². The van der Waals surface area contributed by atoms with Crippen molar-refractivity contribution < 1.29 is 4.74 Å². The maximum Gasteiger partial charge on any atom is 0.143 e. The Hall–Kier alpha value is -3.19. The normalized spacial score (nSPS) is 10.1. The van der Waals surface area contributed by atoms with Gasteiger partial charge in [-0.1, -0.05) is 35.9 Å². The van der Waals surface area contributed by atoms with Crippen molar-refractivity contribution in [2.45, 2.75) is 10.8 Å². The molecule has 2 N–H and O–H groups in total. The Morgan fingerprint density at radius 2 is 1.68 bits per heavy atom. The van der Waals surface area contributed by atoms with Crippen molar-refractivity contribution in [2.24, 2.45) is 0 Å². The Balaban J connectivity index is 2.03. The first-order chi connectivity index (χ1) is 13.6. The molecule has 1 heterocycles. The average molecular weight is 407 g/mol. The number of rotatable bonds is 5. The van der Waals surface area contributed by atoms with Crippen LogP contribution in [0.15, 0.2) is 53.6 Å². The van der Waals surface area contributed by atoms with Gasteiger partial charge in [0.15, 0.2) is 0 Å². The third-order valence-electron chi connectivity index (χ3n) is 4.08. The molecule has 0 fully saturated rings. The molecule has 0 bridgehead atoms. The third-order valence-corrected chi connectivity index (χ3v) is 5.38. The van der Waals surface area contributed by atoms with E-state index >= 15 is 0 Å². The highest BCUT2D eigenvalue weighted by Gasteiger charge is 2.20. The van der Waals surface area contributed by atoms with Crippen molar-refractivity contribution in [2.75, 3.05) is 12.8 Å². The lowest BCUT2D eigenvalue weighted by Crippen LogP contribution is -2.03. The minimum atomic E-state index is 0.101. The summed E-state index contributed by atoms with van der Waals surface area (Å²) in [6.45, 7) is 0. The van der Waals surface area contributed by atoms with Gasteiger partial charge >= 0.3 is 0 Å². The van der Waals surface area contributed by atoms with Gasteiger partial charge in [-0.3, -0.25) is 0 Å². The number of anilines is 1. The number of aromatic nitrogens is 1. The molecule has 138 valence electrons. The Bertz CT molecular complexity index is 1080. The van der Waals surface area contributed by atoms with Crippen LogP contribution in [0.3, 0.4) is 0 Å². The summed E-state index contributed by atoms with van der Waals surface area (Å²) >= 11 is 7.36. The lowest BCUT2D eigenvalue weighted by molar-refractivity contribution is 0.414. The smallest absolute Gasteiger partial charge is 0.143 e. The third kappa shape index (κ3) is 4.04. The van der Waals surface area contributed by atoms with Crippen LogP contribution in [0, 0.1) is 22.7 Å². The molecule has 5 nitrogen and oxygen atoms in total. The summed E-state index contributed by atoms with van der Waals surface area (Å²) in [6.07, 6.45) is 0. The highest BCUT2D eigenvalue weighted by molar-refractivity contribution is 7.98. The minimum Gasteiger partial charge on any atom is -0.497 e. The first kappa shape index (κ1) is 19.6. The molecule has 0 aliphatic rings. The molecule has 7 heteroatoms. The highest BCUT2D eigenvalue weighted by Crippen LogP contribution is 2.37. The van der Waals surface area contributed by atoms with Crippen molar-refractivity contribution >= 4 is 29.2 Å². The Kier molecular flexibility index (Phi) is 6.06. The predicted molar refractivity (Wildman–Crippen MR) is 111 cm³/mol. The van der Waals surface area contributed by atoms with Crippen LogP contribution in [0.4, 0.5) is 5.82 Å². The van der Waals surface area contributed by atoms with Crippen LogP contribution in [-0.2, 0) is 5.75 Å². The maximum atomic E-state index is 9.80. The van der Waals surface area contributed by atoms with E-state index in [0.29, 0.717) is 32.5 Å². The van der Waals surface area contributed by atoms with E-state index in [1.165, 1.54) is 11.8 Å². The predicted octanol–water partition coefficient (Wildman–Crippen LogP) is 5.03. The van der Waals surface area contributed by atoms with Crippen molar-refractivity contribution in [1.29, 1.82) is 10.5 Å². The Labute approximate surface area is 172 Å². The second-order valence-corrected chi connectivity index (χ2v) is 7.19. The molecule has 0 aliphatic heterocycles. The molecule has 0 saturated carbocycles. The van der Waals surface area contributed by atoms with Crippen molar-refractivity contribution in [3.05, 3.63) is 70.2 Å².